The summed E-state index contributed by atoms with van der Waals surface area (Å²) in [4.78, 5) is 30.9. The zero-order chi connectivity index (χ0) is 21.1. The number of amides is 2. The molecule has 1 aromatic heterocycles. The van der Waals surface area contributed by atoms with Crippen LogP contribution < -0.4 is 4.74 Å². The second-order valence-electron chi connectivity index (χ2n) is 7.73. The summed E-state index contributed by atoms with van der Waals surface area (Å²) < 4.78 is 7.32. The monoisotopic (exact) mass is 398 g/mol. The summed E-state index contributed by atoms with van der Waals surface area (Å²) in [6, 6.07) is 9.76. The highest BCUT2D eigenvalue weighted by molar-refractivity contribution is 5.96. The summed E-state index contributed by atoms with van der Waals surface area (Å²) in [7, 11) is 5.41. The zero-order valence-electron chi connectivity index (χ0n) is 17.9. The maximum absolute atomic E-state index is 13.2. The fourth-order valence-corrected chi connectivity index (χ4v) is 3.81. The van der Waals surface area contributed by atoms with E-state index < -0.39 is 0 Å². The quantitative estimate of drug-likeness (QED) is 0.773. The van der Waals surface area contributed by atoms with E-state index in [9.17, 15) is 9.59 Å². The normalized spacial score (nSPS) is 14.4. The summed E-state index contributed by atoms with van der Waals surface area (Å²) in [5.74, 6) is 0.937. The molecule has 0 spiro atoms. The molecule has 2 aromatic rings. The Labute approximate surface area is 172 Å². The van der Waals surface area contributed by atoms with E-state index in [1.807, 2.05) is 73.0 Å². The van der Waals surface area contributed by atoms with E-state index in [4.69, 9.17) is 4.74 Å². The average Bonchev–Trinajstić information content (AvgIpc) is 3.01. The number of likely N-dealkylation sites (N-methyl/N-ethyl adjacent to an activating group) is 1. The van der Waals surface area contributed by atoms with Gasteiger partial charge in [0.05, 0.1) is 19.2 Å². The molecule has 0 radical (unpaired) electrons. The van der Waals surface area contributed by atoms with Crippen molar-refractivity contribution in [3.05, 3.63) is 47.3 Å². The fraction of sp³-hybridized carbons (Fsp3) is 0.455. The average molecular weight is 399 g/mol. The van der Waals surface area contributed by atoms with Gasteiger partial charge in [0.25, 0.3) is 5.91 Å². The van der Waals surface area contributed by atoms with Gasteiger partial charge in [0.1, 0.15) is 5.75 Å². The second kappa shape index (κ2) is 8.69. The van der Waals surface area contributed by atoms with E-state index in [2.05, 4.69) is 4.57 Å². The molecule has 1 aliphatic heterocycles. The molecule has 0 bridgehead atoms. The van der Waals surface area contributed by atoms with Crippen molar-refractivity contribution in [1.29, 1.82) is 0 Å². The summed E-state index contributed by atoms with van der Waals surface area (Å²) in [6.45, 7) is 6.66. The first-order valence-electron chi connectivity index (χ1n) is 9.87. The molecule has 0 unspecified atom stereocenters. The Bertz CT molecular complexity index is 878. The summed E-state index contributed by atoms with van der Waals surface area (Å²) in [6.07, 6.45) is 0. The molecule has 7 nitrogen and oxygen atoms in total. The number of ether oxygens (including phenoxy) is 1. The molecule has 0 N–H and O–H groups in total. The summed E-state index contributed by atoms with van der Waals surface area (Å²) >= 11 is 0. The first-order valence-corrected chi connectivity index (χ1v) is 9.87. The number of benzene rings is 1. The van der Waals surface area contributed by atoms with Crippen molar-refractivity contribution in [2.75, 3.05) is 53.9 Å². The van der Waals surface area contributed by atoms with E-state index >= 15 is 0 Å². The van der Waals surface area contributed by atoms with Crippen LogP contribution in [-0.4, -0.2) is 85.0 Å². The van der Waals surface area contributed by atoms with Crippen molar-refractivity contribution < 1.29 is 14.3 Å². The Balaban J connectivity index is 1.73. The molecule has 1 aliphatic rings. The van der Waals surface area contributed by atoms with Crippen molar-refractivity contribution in [3.8, 4) is 11.4 Å². The van der Waals surface area contributed by atoms with E-state index in [1.54, 1.807) is 7.11 Å². The minimum absolute atomic E-state index is 0.0255. The lowest BCUT2D eigenvalue weighted by molar-refractivity contribution is -0.133. The minimum atomic E-state index is 0.0255. The number of hydrogen-bond acceptors (Lipinski definition) is 4. The maximum Gasteiger partial charge on any atom is 0.255 e. The van der Waals surface area contributed by atoms with Gasteiger partial charge >= 0.3 is 0 Å². The molecule has 1 aromatic carbocycles. The lowest BCUT2D eigenvalue weighted by Crippen LogP contribution is -2.52. The number of carbonyl (C=O) groups is 2. The number of aromatic nitrogens is 1. The van der Waals surface area contributed by atoms with Crippen LogP contribution in [-0.2, 0) is 4.79 Å². The molecule has 29 heavy (non-hydrogen) atoms. The van der Waals surface area contributed by atoms with Gasteiger partial charge in [-0.05, 0) is 58.3 Å². The highest BCUT2D eigenvalue weighted by Gasteiger charge is 2.27. The number of aryl methyl sites for hydroxylation is 1. The number of piperazine rings is 1. The molecule has 1 fully saturated rings. The zero-order valence-corrected chi connectivity index (χ0v) is 17.9. The number of carbonyl (C=O) groups excluding carboxylic acids is 2. The predicted octanol–water partition coefficient (Wildman–Crippen LogP) is 1.95. The minimum Gasteiger partial charge on any atom is -0.497 e. The van der Waals surface area contributed by atoms with Crippen LogP contribution in [0.4, 0.5) is 0 Å². The predicted molar refractivity (Wildman–Crippen MR) is 113 cm³/mol. The second-order valence-corrected chi connectivity index (χ2v) is 7.73. The van der Waals surface area contributed by atoms with Crippen LogP contribution in [0.3, 0.4) is 0 Å². The molecule has 156 valence electrons. The Morgan fingerprint density at radius 1 is 1.00 bits per heavy atom. The molecule has 1 saturated heterocycles. The van der Waals surface area contributed by atoms with Gasteiger partial charge in [0, 0.05) is 43.3 Å². The van der Waals surface area contributed by atoms with E-state index in [0.29, 0.717) is 38.3 Å². The molecule has 0 saturated carbocycles. The number of nitrogens with zero attached hydrogens (tertiary/aromatic N) is 4. The Morgan fingerprint density at radius 3 is 2.14 bits per heavy atom. The first-order chi connectivity index (χ1) is 13.8. The summed E-state index contributed by atoms with van der Waals surface area (Å²) in [5, 5.41) is 0. The Hall–Kier alpha value is -2.80. The molecule has 0 atom stereocenters. The van der Waals surface area contributed by atoms with Crippen molar-refractivity contribution in [3.63, 3.8) is 0 Å². The highest BCUT2D eigenvalue weighted by atomic mass is 16.5. The van der Waals surface area contributed by atoms with E-state index in [-0.39, 0.29) is 11.8 Å². The molecular formula is C22H30N4O3. The lowest BCUT2D eigenvalue weighted by Gasteiger charge is -2.35. The van der Waals surface area contributed by atoms with Crippen LogP contribution in [0.2, 0.25) is 0 Å². The van der Waals surface area contributed by atoms with Crippen LogP contribution in [0.25, 0.3) is 5.69 Å². The number of methoxy groups -OCH3 is 1. The van der Waals surface area contributed by atoms with E-state index in [1.165, 1.54) is 0 Å². The van der Waals surface area contributed by atoms with Gasteiger partial charge in [-0.3, -0.25) is 9.59 Å². The van der Waals surface area contributed by atoms with Crippen molar-refractivity contribution in [2.24, 2.45) is 0 Å². The third-order valence-electron chi connectivity index (χ3n) is 5.36. The van der Waals surface area contributed by atoms with Crippen molar-refractivity contribution >= 4 is 11.8 Å². The number of rotatable bonds is 5. The van der Waals surface area contributed by atoms with Gasteiger partial charge in [0.2, 0.25) is 5.91 Å². The Kier molecular flexibility index (Phi) is 6.27. The molecular weight excluding hydrogens is 368 g/mol. The van der Waals surface area contributed by atoms with Crippen LogP contribution in [0.1, 0.15) is 21.7 Å². The first kappa shape index (κ1) is 20.9. The SMILES string of the molecule is COc1ccc(-n2c(C)cc(C(=O)N3CCN(C(=O)CN(C)C)CC3)c2C)cc1. The van der Waals surface area contributed by atoms with Gasteiger partial charge in [0.15, 0.2) is 0 Å². The van der Waals surface area contributed by atoms with Crippen LogP contribution in [0.5, 0.6) is 5.75 Å². The van der Waals surface area contributed by atoms with E-state index in [0.717, 1.165) is 22.8 Å². The van der Waals surface area contributed by atoms with Gasteiger partial charge < -0.3 is 24.0 Å². The molecule has 3 rings (SSSR count). The number of hydrogen-bond donors (Lipinski definition) is 0. The highest BCUT2D eigenvalue weighted by Crippen LogP contribution is 2.24. The van der Waals surface area contributed by atoms with Crippen molar-refractivity contribution in [1.82, 2.24) is 19.3 Å². The molecule has 2 amide bonds. The lowest BCUT2D eigenvalue weighted by atomic mass is 10.2. The largest absolute Gasteiger partial charge is 0.497 e. The molecule has 0 aliphatic carbocycles. The van der Waals surface area contributed by atoms with Gasteiger partial charge in [-0.2, -0.15) is 0 Å². The molecule has 2 heterocycles. The maximum atomic E-state index is 13.2. The van der Waals surface area contributed by atoms with Gasteiger partial charge in [-0.15, -0.1) is 0 Å². The summed E-state index contributed by atoms with van der Waals surface area (Å²) in [5.41, 5.74) is 3.64. The third-order valence-corrected chi connectivity index (χ3v) is 5.36. The standard InChI is InChI=1S/C22H30N4O3/c1-16-14-20(17(2)26(16)18-6-8-19(29-5)9-7-18)22(28)25-12-10-24(11-13-25)21(27)15-23(3)4/h6-9,14H,10-13,15H2,1-5H3. The van der Waals surface area contributed by atoms with Crippen molar-refractivity contribution in [2.45, 2.75) is 13.8 Å². The van der Waals surface area contributed by atoms with Gasteiger partial charge in [-0.25, -0.2) is 0 Å². The van der Waals surface area contributed by atoms with Crippen LogP contribution in [0, 0.1) is 13.8 Å². The topological polar surface area (TPSA) is 58.0 Å². The van der Waals surface area contributed by atoms with Crippen LogP contribution in [0.15, 0.2) is 30.3 Å². The molecule has 7 heteroatoms. The third kappa shape index (κ3) is 4.45. The smallest absolute Gasteiger partial charge is 0.255 e. The fourth-order valence-electron chi connectivity index (χ4n) is 3.81. The van der Waals surface area contributed by atoms with Gasteiger partial charge in [-0.1, -0.05) is 0 Å². The van der Waals surface area contributed by atoms with Crippen LogP contribution >= 0.6 is 0 Å². The Morgan fingerprint density at radius 2 is 1.59 bits per heavy atom.